The van der Waals surface area contributed by atoms with Gasteiger partial charge in [0.1, 0.15) is 0 Å². The molecule has 1 saturated heterocycles. The van der Waals surface area contributed by atoms with Crippen molar-refractivity contribution < 1.29 is 14.4 Å². The fourth-order valence-electron chi connectivity index (χ4n) is 7.15. The average Bonchev–Trinajstić information content (AvgIpc) is 3.60. The van der Waals surface area contributed by atoms with Gasteiger partial charge in [0.15, 0.2) is 0 Å². The minimum Gasteiger partial charge on any atom is -0.321 e. The van der Waals surface area contributed by atoms with Crippen molar-refractivity contribution >= 4 is 29.1 Å². The van der Waals surface area contributed by atoms with Crippen molar-refractivity contribution in [2.24, 2.45) is 23.7 Å². The third kappa shape index (κ3) is 3.79. The summed E-state index contributed by atoms with van der Waals surface area (Å²) in [6.45, 7) is 4.15. The Morgan fingerprint density at radius 3 is 2.11 bits per heavy atom. The highest BCUT2D eigenvalue weighted by atomic mass is 16.2. The number of imide groups is 1. The second kappa shape index (κ2) is 9.29. The molecule has 6 rings (SSSR count). The molecule has 3 aromatic carbocycles. The van der Waals surface area contributed by atoms with E-state index in [-0.39, 0.29) is 41.4 Å². The molecule has 1 N–H and O–H groups in total. The summed E-state index contributed by atoms with van der Waals surface area (Å²) in [5.41, 5.74) is 5.42. The first-order chi connectivity index (χ1) is 18.0. The minimum atomic E-state index is -0.238. The van der Waals surface area contributed by atoms with Gasteiger partial charge in [0.25, 0.3) is 5.91 Å². The van der Waals surface area contributed by atoms with Crippen molar-refractivity contribution in [1.29, 1.82) is 0 Å². The molecule has 0 spiro atoms. The maximum Gasteiger partial charge on any atom is 0.255 e. The summed E-state index contributed by atoms with van der Waals surface area (Å²) < 4.78 is 0. The lowest BCUT2D eigenvalue weighted by atomic mass is 9.73. The Bertz CT molecular complexity index is 1340. The number of rotatable bonds is 6. The zero-order valence-corrected chi connectivity index (χ0v) is 21.3. The van der Waals surface area contributed by atoms with Crippen LogP contribution >= 0.6 is 0 Å². The van der Waals surface area contributed by atoms with Crippen LogP contribution in [0.3, 0.4) is 0 Å². The topological polar surface area (TPSA) is 66.5 Å². The molecular weight excluding hydrogens is 460 g/mol. The zero-order chi connectivity index (χ0) is 25.7. The standard InChI is InChI=1S/C32H32N2O3/c1-3-19-11-8-12-20(4-2)29(19)33-30(35)22-13-15-24(16-14-22)34-31(36)27-23-17-25(21-9-6-5-7-10-21)26(18-23)28(27)32(34)37/h5-16,23,25-28H,3-4,17-18H2,1-2H3,(H,33,35). The highest BCUT2D eigenvalue weighted by Gasteiger charge is 2.64. The number of carbonyl (C=O) groups excluding carboxylic acids is 3. The van der Waals surface area contributed by atoms with E-state index in [0.29, 0.717) is 17.2 Å². The van der Waals surface area contributed by atoms with E-state index in [4.69, 9.17) is 0 Å². The summed E-state index contributed by atoms with van der Waals surface area (Å²) in [5, 5.41) is 3.09. The van der Waals surface area contributed by atoms with Gasteiger partial charge in [-0.3, -0.25) is 19.3 Å². The van der Waals surface area contributed by atoms with Crippen molar-refractivity contribution in [3.05, 3.63) is 95.1 Å². The minimum absolute atomic E-state index is 0.0735. The third-order valence-corrected chi connectivity index (χ3v) is 8.87. The van der Waals surface area contributed by atoms with Crippen LogP contribution in [0, 0.1) is 23.7 Å². The van der Waals surface area contributed by atoms with E-state index in [1.54, 1.807) is 24.3 Å². The molecule has 0 aromatic heterocycles. The lowest BCUT2D eigenvalue weighted by molar-refractivity contribution is -0.123. The maximum atomic E-state index is 13.6. The SMILES string of the molecule is CCc1cccc(CC)c1NC(=O)c1ccc(N2C(=O)C3C4CC(c5ccccc5)C(C4)C3C2=O)cc1. The maximum absolute atomic E-state index is 13.6. The van der Waals surface area contributed by atoms with Gasteiger partial charge in [-0.25, -0.2) is 0 Å². The number of anilines is 2. The Morgan fingerprint density at radius 1 is 0.811 bits per heavy atom. The van der Waals surface area contributed by atoms with Crippen LogP contribution in [-0.2, 0) is 22.4 Å². The Morgan fingerprint density at radius 2 is 1.46 bits per heavy atom. The molecular formula is C32H32N2O3. The Hall–Kier alpha value is -3.73. The highest BCUT2D eigenvalue weighted by Crippen LogP contribution is 2.61. The predicted molar refractivity (Wildman–Crippen MR) is 144 cm³/mol. The van der Waals surface area contributed by atoms with Crippen molar-refractivity contribution in [2.75, 3.05) is 10.2 Å². The van der Waals surface area contributed by atoms with Gasteiger partial charge in [0.2, 0.25) is 11.8 Å². The molecule has 3 aliphatic rings. The first-order valence-corrected chi connectivity index (χ1v) is 13.5. The van der Waals surface area contributed by atoms with Crippen molar-refractivity contribution in [3.8, 4) is 0 Å². The summed E-state index contributed by atoms with van der Waals surface area (Å²) in [6.07, 6.45) is 3.59. The van der Waals surface area contributed by atoms with E-state index in [2.05, 4.69) is 31.3 Å². The number of para-hydroxylation sites is 1. The van der Waals surface area contributed by atoms with Crippen LogP contribution in [0.1, 0.15) is 59.7 Å². The number of benzene rings is 3. The molecule has 5 nitrogen and oxygen atoms in total. The second-order valence-corrected chi connectivity index (χ2v) is 10.6. The molecule has 1 heterocycles. The van der Waals surface area contributed by atoms with Crippen LogP contribution in [0.5, 0.6) is 0 Å². The molecule has 3 amide bonds. The smallest absolute Gasteiger partial charge is 0.255 e. The Kier molecular flexibility index (Phi) is 5.94. The molecule has 3 fully saturated rings. The van der Waals surface area contributed by atoms with E-state index < -0.39 is 0 Å². The van der Waals surface area contributed by atoms with E-state index in [1.807, 2.05) is 36.4 Å². The molecule has 188 valence electrons. The monoisotopic (exact) mass is 492 g/mol. The van der Waals surface area contributed by atoms with Gasteiger partial charge in [0.05, 0.1) is 17.5 Å². The molecule has 2 bridgehead atoms. The second-order valence-electron chi connectivity index (χ2n) is 10.6. The van der Waals surface area contributed by atoms with Gasteiger partial charge in [-0.15, -0.1) is 0 Å². The van der Waals surface area contributed by atoms with Gasteiger partial charge < -0.3 is 5.32 Å². The summed E-state index contributed by atoms with van der Waals surface area (Å²) >= 11 is 0. The summed E-state index contributed by atoms with van der Waals surface area (Å²) in [4.78, 5) is 41.5. The molecule has 2 saturated carbocycles. The van der Waals surface area contributed by atoms with E-state index in [1.165, 1.54) is 10.5 Å². The molecule has 2 aliphatic carbocycles. The predicted octanol–water partition coefficient (Wildman–Crippen LogP) is 5.99. The number of fused-ring (bicyclic) bond motifs is 5. The number of amides is 3. The largest absolute Gasteiger partial charge is 0.321 e. The normalized spacial score (nSPS) is 26.0. The van der Waals surface area contributed by atoms with Gasteiger partial charge >= 0.3 is 0 Å². The summed E-state index contributed by atoms with van der Waals surface area (Å²) in [6, 6.07) is 23.4. The number of nitrogens with one attached hydrogen (secondary N) is 1. The van der Waals surface area contributed by atoms with Crippen LogP contribution in [0.4, 0.5) is 11.4 Å². The van der Waals surface area contributed by atoms with E-state index in [0.717, 1.165) is 42.5 Å². The molecule has 5 atom stereocenters. The zero-order valence-electron chi connectivity index (χ0n) is 21.3. The lowest BCUT2D eigenvalue weighted by Gasteiger charge is -2.28. The first kappa shape index (κ1) is 23.7. The number of nitrogens with zero attached hydrogens (tertiary/aromatic N) is 1. The van der Waals surface area contributed by atoms with Crippen LogP contribution in [-0.4, -0.2) is 17.7 Å². The lowest BCUT2D eigenvalue weighted by Crippen LogP contribution is -2.33. The molecule has 0 radical (unpaired) electrons. The fraction of sp³-hybridized carbons (Fsp3) is 0.344. The Balaban J connectivity index is 1.21. The van der Waals surface area contributed by atoms with Gasteiger partial charge in [-0.05, 0) is 84.4 Å². The fourth-order valence-corrected chi connectivity index (χ4v) is 7.15. The van der Waals surface area contributed by atoms with Crippen molar-refractivity contribution in [3.63, 3.8) is 0 Å². The van der Waals surface area contributed by atoms with Gasteiger partial charge in [-0.1, -0.05) is 62.4 Å². The van der Waals surface area contributed by atoms with E-state index >= 15 is 0 Å². The molecule has 5 heteroatoms. The third-order valence-electron chi connectivity index (χ3n) is 8.87. The molecule has 37 heavy (non-hydrogen) atoms. The molecule has 5 unspecified atom stereocenters. The molecule has 3 aromatic rings. The van der Waals surface area contributed by atoms with Crippen molar-refractivity contribution in [2.45, 2.75) is 45.4 Å². The first-order valence-electron chi connectivity index (χ1n) is 13.5. The number of hydrogen-bond acceptors (Lipinski definition) is 3. The van der Waals surface area contributed by atoms with Crippen LogP contribution in [0.25, 0.3) is 0 Å². The van der Waals surface area contributed by atoms with Crippen molar-refractivity contribution in [1.82, 2.24) is 0 Å². The van der Waals surface area contributed by atoms with Gasteiger partial charge in [0, 0.05) is 11.3 Å². The van der Waals surface area contributed by atoms with Crippen LogP contribution in [0.15, 0.2) is 72.8 Å². The molecule has 1 aliphatic heterocycles. The number of carbonyl (C=O) groups is 3. The van der Waals surface area contributed by atoms with Crippen LogP contribution < -0.4 is 10.2 Å². The average molecular weight is 493 g/mol. The number of hydrogen-bond donors (Lipinski definition) is 1. The summed E-state index contributed by atoms with van der Waals surface area (Å²) in [5.74, 6) is 0.0285. The summed E-state index contributed by atoms with van der Waals surface area (Å²) in [7, 11) is 0. The highest BCUT2D eigenvalue weighted by molar-refractivity contribution is 6.22. The van der Waals surface area contributed by atoms with Gasteiger partial charge in [-0.2, -0.15) is 0 Å². The number of aryl methyl sites for hydroxylation is 2. The Labute approximate surface area is 217 Å². The van der Waals surface area contributed by atoms with Crippen LogP contribution in [0.2, 0.25) is 0 Å². The van der Waals surface area contributed by atoms with E-state index in [9.17, 15) is 14.4 Å². The quantitative estimate of drug-likeness (QED) is 0.430.